The first-order valence-electron chi connectivity index (χ1n) is 9.78. The van der Waals surface area contributed by atoms with Gasteiger partial charge in [0, 0.05) is 42.4 Å². The molecule has 7 heteroatoms. The van der Waals surface area contributed by atoms with Crippen molar-refractivity contribution in [3.05, 3.63) is 61.8 Å². The van der Waals surface area contributed by atoms with Gasteiger partial charge in [-0.25, -0.2) is 0 Å². The van der Waals surface area contributed by atoms with Gasteiger partial charge >= 0.3 is 0 Å². The van der Waals surface area contributed by atoms with E-state index in [2.05, 4.69) is 46.2 Å². The molecular weight excluding hydrogens is 372 g/mol. The van der Waals surface area contributed by atoms with Crippen LogP contribution in [0.2, 0.25) is 0 Å². The van der Waals surface area contributed by atoms with Gasteiger partial charge in [-0.2, -0.15) is 0 Å². The SMILES string of the molecule is CCN(CC)c1ccc([C@H]2C3=C(CCCC3=O)Nc3[nH]c(=S)[nH]c(=O)c32)cc1. The Morgan fingerprint density at radius 1 is 1.07 bits per heavy atom. The lowest BCUT2D eigenvalue weighted by Crippen LogP contribution is -2.32. The average Bonchev–Trinajstić information content (AvgIpc) is 2.68. The Morgan fingerprint density at radius 3 is 2.46 bits per heavy atom. The Balaban J connectivity index is 1.88. The van der Waals surface area contributed by atoms with Crippen molar-refractivity contribution >= 4 is 29.5 Å². The summed E-state index contributed by atoms with van der Waals surface area (Å²) in [5.74, 6) is 0.319. The minimum atomic E-state index is -0.389. The average molecular weight is 397 g/mol. The Kier molecular flexibility index (Phi) is 4.93. The van der Waals surface area contributed by atoms with E-state index in [1.165, 1.54) is 0 Å². The van der Waals surface area contributed by atoms with Crippen molar-refractivity contribution in [2.45, 2.75) is 39.0 Å². The van der Waals surface area contributed by atoms with Gasteiger partial charge in [0.25, 0.3) is 5.56 Å². The normalized spacial score (nSPS) is 18.4. The molecule has 1 aliphatic heterocycles. The van der Waals surface area contributed by atoms with Crippen LogP contribution in [-0.4, -0.2) is 28.8 Å². The second-order valence-electron chi connectivity index (χ2n) is 7.19. The van der Waals surface area contributed by atoms with Crippen LogP contribution >= 0.6 is 12.2 Å². The zero-order valence-corrected chi connectivity index (χ0v) is 16.9. The third-order valence-electron chi connectivity index (χ3n) is 5.64. The minimum Gasteiger partial charge on any atom is -0.372 e. The Bertz CT molecular complexity index is 1060. The first-order valence-corrected chi connectivity index (χ1v) is 10.2. The number of hydrogen-bond acceptors (Lipinski definition) is 5. The first-order chi connectivity index (χ1) is 13.5. The van der Waals surface area contributed by atoms with Crippen LogP contribution in [-0.2, 0) is 4.79 Å². The van der Waals surface area contributed by atoms with Gasteiger partial charge in [-0.1, -0.05) is 12.1 Å². The number of Topliss-reactive ketones (excluding diaryl/α,β-unsaturated/α-hetero) is 1. The van der Waals surface area contributed by atoms with Gasteiger partial charge in [0.1, 0.15) is 5.82 Å². The molecule has 6 nitrogen and oxygen atoms in total. The number of hydrogen-bond donors (Lipinski definition) is 3. The number of nitrogens with one attached hydrogen (secondary N) is 3. The maximum atomic E-state index is 12.8. The molecule has 2 aromatic rings. The number of rotatable bonds is 4. The van der Waals surface area contributed by atoms with Gasteiger partial charge in [-0.05, 0) is 56.6 Å². The van der Waals surface area contributed by atoms with E-state index >= 15 is 0 Å². The molecule has 2 heterocycles. The molecule has 1 aromatic carbocycles. The molecule has 2 aliphatic rings. The summed E-state index contributed by atoms with van der Waals surface area (Å²) in [4.78, 5) is 33.6. The van der Waals surface area contributed by atoms with Gasteiger partial charge in [0.05, 0.1) is 5.56 Å². The van der Waals surface area contributed by atoms with Crippen molar-refractivity contribution in [2.75, 3.05) is 23.3 Å². The van der Waals surface area contributed by atoms with Crippen molar-refractivity contribution in [3.63, 3.8) is 0 Å². The van der Waals surface area contributed by atoms with Crippen LogP contribution in [0, 0.1) is 4.77 Å². The maximum Gasteiger partial charge on any atom is 0.257 e. The second kappa shape index (κ2) is 7.39. The van der Waals surface area contributed by atoms with Gasteiger partial charge in [-0.15, -0.1) is 0 Å². The molecule has 0 saturated heterocycles. The molecule has 4 rings (SSSR count). The molecule has 3 N–H and O–H groups in total. The van der Waals surface area contributed by atoms with Crippen molar-refractivity contribution in [1.82, 2.24) is 9.97 Å². The number of carbonyl (C=O) groups is 1. The highest BCUT2D eigenvalue weighted by Gasteiger charge is 2.37. The molecule has 28 heavy (non-hydrogen) atoms. The molecule has 146 valence electrons. The maximum absolute atomic E-state index is 12.8. The monoisotopic (exact) mass is 396 g/mol. The Hall–Kier alpha value is -2.67. The Morgan fingerprint density at radius 2 is 1.79 bits per heavy atom. The summed E-state index contributed by atoms with van der Waals surface area (Å²) < 4.78 is 0.276. The summed E-state index contributed by atoms with van der Waals surface area (Å²) in [6.07, 6.45) is 2.13. The summed E-state index contributed by atoms with van der Waals surface area (Å²) in [6, 6.07) is 8.19. The van der Waals surface area contributed by atoms with E-state index < -0.39 is 0 Å². The lowest BCUT2D eigenvalue weighted by molar-refractivity contribution is -0.116. The molecule has 1 aromatic heterocycles. The van der Waals surface area contributed by atoms with E-state index in [-0.39, 0.29) is 22.0 Å². The second-order valence-corrected chi connectivity index (χ2v) is 7.60. The largest absolute Gasteiger partial charge is 0.372 e. The molecule has 0 bridgehead atoms. The number of carbonyl (C=O) groups excluding carboxylic acids is 1. The molecule has 1 atom stereocenters. The topological polar surface area (TPSA) is 81.0 Å². The summed E-state index contributed by atoms with van der Waals surface area (Å²) in [5.41, 5.74) is 3.96. The molecule has 0 saturated carbocycles. The molecule has 0 fully saturated rings. The smallest absolute Gasteiger partial charge is 0.257 e. The van der Waals surface area contributed by atoms with E-state index in [9.17, 15) is 9.59 Å². The van der Waals surface area contributed by atoms with E-state index in [4.69, 9.17) is 12.2 Å². The standard InChI is InChI=1S/C21H24N4O2S/c1-3-25(4-2)13-10-8-12(9-11-13)16-17-14(6-5-7-15(17)26)22-19-18(16)20(27)24-21(28)23-19/h8-11,16H,3-7H2,1-2H3,(H3,22,23,24,27,28)/t16-/m0/s1. The number of benzene rings is 1. The number of ketones is 1. The third kappa shape index (κ3) is 3.09. The van der Waals surface area contributed by atoms with Gasteiger partial charge in [-0.3, -0.25) is 14.6 Å². The van der Waals surface area contributed by atoms with Crippen LogP contribution in [0.5, 0.6) is 0 Å². The molecule has 1 aliphatic carbocycles. The van der Waals surface area contributed by atoms with E-state index in [1.54, 1.807) is 0 Å². The van der Waals surface area contributed by atoms with Gasteiger partial charge < -0.3 is 15.2 Å². The van der Waals surface area contributed by atoms with Crippen LogP contribution in [0.25, 0.3) is 0 Å². The molecule has 0 spiro atoms. The predicted octanol–water partition coefficient (Wildman–Crippen LogP) is 3.84. The fourth-order valence-electron chi connectivity index (χ4n) is 4.29. The van der Waals surface area contributed by atoms with E-state index in [0.29, 0.717) is 23.4 Å². The minimum absolute atomic E-state index is 0.110. The lowest BCUT2D eigenvalue weighted by atomic mass is 9.76. The highest BCUT2D eigenvalue weighted by Crippen LogP contribution is 2.43. The van der Waals surface area contributed by atoms with Crippen LogP contribution < -0.4 is 15.8 Å². The van der Waals surface area contributed by atoms with Crippen LogP contribution in [0.15, 0.2) is 40.3 Å². The van der Waals surface area contributed by atoms with Gasteiger partial charge in [0.2, 0.25) is 0 Å². The summed E-state index contributed by atoms with van der Waals surface area (Å²) in [7, 11) is 0. The van der Waals surface area contributed by atoms with Crippen LogP contribution in [0.3, 0.4) is 0 Å². The fraction of sp³-hybridized carbons (Fsp3) is 0.381. The molecule has 0 unspecified atom stereocenters. The quantitative estimate of drug-likeness (QED) is 0.684. The first kappa shape index (κ1) is 18.7. The van der Waals surface area contributed by atoms with E-state index in [1.807, 2.05) is 12.1 Å². The third-order valence-corrected chi connectivity index (χ3v) is 5.85. The highest BCUT2D eigenvalue weighted by molar-refractivity contribution is 7.71. The zero-order valence-electron chi connectivity index (χ0n) is 16.1. The predicted molar refractivity (Wildman–Crippen MR) is 114 cm³/mol. The number of nitrogens with zero attached hydrogens (tertiary/aromatic N) is 1. The van der Waals surface area contributed by atoms with Crippen molar-refractivity contribution < 1.29 is 4.79 Å². The Labute approximate surface area is 168 Å². The summed E-state index contributed by atoms with van der Waals surface area (Å²) in [6.45, 7) is 6.10. The van der Waals surface area contributed by atoms with Crippen molar-refractivity contribution in [3.8, 4) is 0 Å². The van der Waals surface area contributed by atoms with Crippen LogP contribution in [0.1, 0.15) is 50.2 Å². The number of anilines is 2. The molecule has 0 radical (unpaired) electrons. The summed E-state index contributed by atoms with van der Waals surface area (Å²) in [5, 5.41) is 3.27. The van der Waals surface area contributed by atoms with Gasteiger partial charge in [0.15, 0.2) is 10.6 Å². The highest BCUT2D eigenvalue weighted by atomic mass is 32.1. The van der Waals surface area contributed by atoms with Crippen LogP contribution in [0.4, 0.5) is 11.5 Å². The number of H-pyrrole nitrogens is 2. The number of fused-ring (bicyclic) bond motifs is 1. The number of aromatic nitrogens is 2. The summed E-state index contributed by atoms with van der Waals surface area (Å²) >= 11 is 5.14. The zero-order chi connectivity index (χ0) is 19.8. The fourth-order valence-corrected chi connectivity index (χ4v) is 4.49. The lowest BCUT2D eigenvalue weighted by Gasteiger charge is -2.33. The molecule has 0 amide bonds. The number of aromatic amines is 2. The molecular formula is C21H24N4O2S. The van der Waals surface area contributed by atoms with Crippen molar-refractivity contribution in [1.29, 1.82) is 0 Å². The van der Waals surface area contributed by atoms with E-state index in [0.717, 1.165) is 42.9 Å². The number of allylic oxidation sites excluding steroid dienone is 2. The van der Waals surface area contributed by atoms with Crippen molar-refractivity contribution in [2.24, 2.45) is 0 Å².